The summed E-state index contributed by atoms with van der Waals surface area (Å²) in [5, 5.41) is 0. The number of hydrogen-bond donors (Lipinski definition) is 0. The molecular formula is C44H84N4O16. The van der Waals surface area contributed by atoms with Gasteiger partial charge in [-0.2, -0.15) is 0 Å². The average molecular weight is 925 g/mol. The summed E-state index contributed by atoms with van der Waals surface area (Å²) in [7, 11) is 1.65. The SMILES string of the molecule is C=CC(=O)OCCOCCOCCOCCOCCOCCN1CCN(CCOCCOCCOCCOCCN2CCN(C=C)C2C)C1COCCOCCOCCOCCOC. The first-order valence-corrected chi connectivity index (χ1v) is 23.0. The molecule has 0 aromatic rings. The summed E-state index contributed by atoms with van der Waals surface area (Å²) in [6.07, 6.45) is 3.51. The highest BCUT2D eigenvalue weighted by atomic mass is 16.6. The lowest BCUT2D eigenvalue weighted by molar-refractivity contribution is -0.139. The van der Waals surface area contributed by atoms with E-state index in [1.807, 2.05) is 6.20 Å². The summed E-state index contributed by atoms with van der Waals surface area (Å²) in [6.45, 7) is 29.8. The van der Waals surface area contributed by atoms with Gasteiger partial charge in [0.05, 0.1) is 191 Å². The maximum Gasteiger partial charge on any atom is 0.330 e. The van der Waals surface area contributed by atoms with E-state index in [2.05, 4.69) is 39.7 Å². The van der Waals surface area contributed by atoms with Gasteiger partial charge in [-0.25, -0.2) is 4.79 Å². The lowest BCUT2D eigenvalue weighted by atomic mass is 10.4. The van der Waals surface area contributed by atoms with Crippen molar-refractivity contribution in [3.63, 3.8) is 0 Å². The Morgan fingerprint density at radius 1 is 0.438 bits per heavy atom. The van der Waals surface area contributed by atoms with E-state index >= 15 is 0 Å². The molecule has 2 atom stereocenters. The van der Waals surface area contributed by atoms with Gasteiger partial charge in [0.25, 0.3) is 0 Å². The van der Waals surface area contributed by atoms with E-state index in [1.54, 1.807) is 7.11 Å². The molecule has 0 spiro atoms. The fourth-order valence-corrected chi connectivity index (χ4v) is 6.43. The Balaban J connectivity index is 1.50. The van der Waals surface area contributed by atoms with Crippen LogP contribution in [0.3, 0.4) is 0 Å². The summed E-state index contributed by atoms with van der Waals surface area (Å²) in [6, 6.07) is 0. The molecule has 20 nitrogen and oxygen atoms in total. The third-order valence-electron chi connectivity index (χ3n) is 10.0. The van der Waals surface area contributed by atoms with Crippen LogP contribution in [-0.2, 0) is 75.8 Å². The molecule has 2 saturated heterocycles. The Hall–Kier alpha value is -1.93. The zero-order chi connectivity index (χ0) is 45.8. The summed E-state index contributed by atoms with van der Waals surface area (Å²) in [5.41, 5.74) is 0. The molecular weight excluding hydrogens is 840 g/mol. The van der Waals surface area contributed by atoms with Gasteiger partial charge in [-0.15, -0.1) is 0 Å². The van der Waals surface area contributed by atoms with E-state index < -0.39 is 5.97 Å². The lowest BCUT2D eigenvalue weighted by Crippen LogP contribution is -2.45. The molecule has 2 rings (SSSR count). The quantitative estimate of drug-likeness (QED) is 0.0473. The first-order valence-electron chi connectivity index (χ1n) is 23.0. The van der Waals surface area contributed by atoms with E-state index in [-0.39, 0.29) is 12.8 Å². The molecule has 2 aliphatic rings. The van der Waals surface area contributed by atoms with Gasteiger partial charge in [0.1, 0.15) is 6.61 Å². The number of esters is 1. The first kappa shape index (κ1) is 58.2. The summed E-state index contributed by atoms with van der Waals surface area (Å²) in [5.74, 6) is -0.462. The molecule has 64 heavy (non-hydrogen) atoms. The van der Waals surface area contributed by atoms with Gasteiger partial charge in [-0.05, 0) is 13.1 Å². The summed E-state index contributed by atoms with van der Waals surface area (Å²) >= 11 is 0. The van der Waals surface area contributed by atoms with E-state index in [0.717, 1.165) is 51.9 Å². The van der Waals surface area contributed by atoms with Crippen LogP contribution in [0.15, 0.2) is 25.4 Å². The Labute approximate surface area is 383 Å². The Kier molecular flexibility index (Phi) is 39.7. The first-order chi connectivity index (χ1) is 31.6. The molecule has 0 amide bonds. The number of ether oxygens (including phenoxy) is 15. The highest BCUT2D eigenvalue weighted by Gasteiger charge is 2.31. The number of carbonyl (C=O) groups is 1. The van der Waals surface area contributed by atoms with Crippen molar-refractivity contribution < 1.29 is 75.8 Å². The Morgan fingerprint density at radius 3 is 1.09 bits per heavy atom. The highest BCUT2D eigenvalue weighted by Crippen LogP contribution is 2.15. The van der Waals surface area contributed by atoms with Gasteiger partial charge < -0.3 is 76.0 Å². The predicted octanol–water partition coefficient (Wildman–Crippen LogP) is 0.629. The van der Waals surface area contributed by atoms with Crippen LogP contribution in [-0.4, -0.2) is 276 Å². The van der Waals surface area contributed by atoms with Crippen molar-refractivity contribution in [3.05, 3.63) is 25.4 Å². The van der Waals surface area contributed by atoms with E-state index in [4.69, 9.17) is 71.1 Å². The van der Waals surface area contributed by atoms with Crippen molar-refractivity contribution in [2.24, 2.45) is 0 Å². The fraction of sp³-hybridized carbons (Fsp3) is 0.886. The minimum Gasteiger partial charge on any atom is -0.460 e. The van der Waals surface area contributed by atoms with Crippen LogP contribution in [0.4, 0.5) is 0 Å². The topological polar surface area (TPSA) is 168 Å². The molecule has 2 aliphatic heterocycles. The van der Waals surface area contributed by atoms with Crippen molar-refractivity contribution >= 4 is 5.97 Å². The molecule has 0 radical (unpaired) electrons. The fourth-order valence-electron chi connectivity index (χ4n) is 6.43. The average Bonchev–Trinajstić information content (AvgIpc) is 3.87. The van der Waals surface area contributed by atoms with Crippen LogP contribution >= 0.6 is 0 Å². The van der Waals surface area contributed by atoms with Crippen LogP contribution in [0, 0.1) is 0 Å². The van der Waals surface area contributed by atoms with E-state index in [9.17, 15) is 4.79 Å². The Morgan fingerprint density at radius 2 is 0.750 bits per heavy atom. The van der Waals surface area contributed by atoms with Crippen molar-refractivity contribution in [1.29, 1.82) is 0 Å². The number of hydrogen-bond acceptors (Lipinski definition) is 20. The van der Waals surface area contributed by atoms with Gasteiger partial charge in [0, 0.05) is 59.0 Å². The van der Waals surface area contributed by atoms with Crippen LogP contribution < -0.4 is 0 Å². The molecule has 0 aromatic heterocycles. The minimum atomic E-state index is -0.462. The molecule has 0 saturated carbocycles. The van der Waals surface area contributed by atoms with Crippen LogP contribution in [0.1, 0.15) is 6.92 Å². The van der Waals surface area contributed by atoms with Gasteiger partial charge >= 0.3 is 5.97 Å². The second-order valence-corrected chi connectivity index (χ2v) is 14.4. The summed E-state index contributed by atoms with van der Waals surface area (Å²) in [4.78, 5) is 20.4. The van der Waals surface area contributed by atoms with E-state index in [1.165, 1.54) is 0 Å². The standard InChI is InChI=1S/C44H84N4O16/c1-5-44(49)64-40-39-62-36-35-60-32-31-59-30-29-57-24-21-53-16-13-48-10-9-47(43(48)41-63-38-37-61-34-33-58-26-25-54-18-17-50-4)12-15-52-20-23-56-28-27-55-22-19-51-14-11-46-8-7-45(6-2)42(46)3/h5-6,42-43H,1-2,7-41H2,3-4H3. The zero-order valence-electron chi connectivity index (χ0n) is 39.3. The maximum absolute atomic E-state index is 11.0. The second-order valence-electron chi connectivity index (χ2n) is 14.4. The van der Waals surface area contributed by atoms with E-state index in [0.29, 0.717) is 185 Å². The molecule has 0 aliphatic carbocycles. The monoisotopic (exact) mass is 925 g/mol. The lowest BCUT2D eigenvalue weighted by Gasteiger charge is -2.30. The number of methoxy groups -OCH3 is 1. The van der Waals surface area contributed by atoms with Crippen molar-refractivity contribution in [1.82, 2.24) is 19.6 Å². The molecule has 0 N–H and O–H groups in total. The van der Waals surface area contributed by atoms with Crippen LogP contribution in [0.25, 0.3) is 0 Å². The van der Waals surface area contributed by atoms with Crippen molar-refractivity contribution in [3.8, 4) is 0 Å². The number of rotatable bonds is 49. The largest absolute Gasteiger partial charge is 0.460 e. The third kappa shape index (κ3) is 31.9. The van der Waals surface area contributed by atoms with Gasteiger partial charge in [0.15, 0.2) is 0 Å². The van der Waals surface area contributed by atoms with Gasteiger partial charge in [-0.3, -0.25) is 14.7 Å². The molecule has 376 valence electrons. The van der Waals surface area contributed by atoms with Crippen LogP contribution in [0.2, 0.25) is 0 Å². The normalized spacial score (nSPS) is 17.2. The number of nitrogens with zero attached hydrogens (tertiary/aromatic N) is 4. The van der Waals surface area contributed by atoms with Gasteiger partial charge in [0.2, 0.25) is 0 Å². The molecule has 0 aromatic carbocycles. The Bertz CT molecular complexity index is 1080. The number of carbonyl (C=O) groups excluding carboxylic acids is 1. The zero-order valence-corrected chi connectivity index (χ0v) is 39.3. The molecule has 2 unspecified atom stereocenters. The van der Waals surface area contributed by atoms with Crippen LogP contribution in [0.5, 0.6) is 0 Å². The molecule has 2 heterocycles. The molecule has 20 heteroatoms. The minimum absolute atomic E-state index is 0.108. The second kappa shape index (κ2) is 43.6. The third-order valence-corrected chi connectivity index (χ3v) is 10.0. The smallest absolute Gasteiger partial charge is 0.330 e. The van der Waals surface area contributed by atoms with Gasteiger partial charge in [-0.1, -0.05) is 13.2 Å². The molecule has 2 fully saturated rings. The molecule has 0 bridgehead atoms. The van der Waals surface area contributed by atoms with Crippen molar-refractivity contribution in [2.45, 2.75) is 19.3 Å². The van der Waals surface area contributed by atoms with Crippen molar-refractivity contribution in [2.75, 3.05) is 238 Å². The maximum atomic E-state index is 11.0. The summed E-state index contributed by atoms with van der Waals surface area (Å²) < 4.78 is 83.4. The predicted molar refractivity (Wildman–Crippen MR) is 239 cm³/mol. The highest BCUT2D eigenvalue weighted by molar-refractivity contribution is 5.81.